The first-order valence-corrected chi connectivity index (χ1v) is 6.91. The Morgan fingerprint density at radius 1 is 1.47 bits per heavy atom. The molecule has 0 aliphatic rings. The van der Waals surface area contributed by atoms with Gasteiger partial charge in [0, 0.05) is 24.7 Å². The van der Waals surface area contributed by atoms with Crippen LogP contribution in [0, 0.1) is 0 Å². The van der Waals surface area contributed by atoms with Crippen molar-refractivity contribution in [1.29, 1.82) is 0 Å². The van der Waals surface area contributed by atoms with Gasteiger partial charge in [0.25, 0.3) is 0 Å². The predicted octanol–water partition coefficient (Wildman–Crippen LogP) is 2.38. The normalized spacial score (nSPS) is 10.9. The monoisotopic (exact) mass is 249 g/mol. The van der Waals surface area contributed by atoms with Crippen molar-refractivity contribution >= 4 is 11.3 Å². The van der Waals surface area contributed by atoms with Gasteiger partial charge < -0.3 is 5.32 Å². The largest absolute Gasteiger partial charge is 0.312 e. The summed E-state index contributed by atoms with van der Waals surface area (Å²) in [6.45, 7) is 4.20. The minimum atomic E-state index is 0.987. The second kappa shape index (κ2) is 5.98. The summed E-state index contributed by atoms with van der Waals surface area (Å²) in [7, 11) is 1.95. The van der Waals surface area contributed by atoms with Crippen molar-refractivity contribution in [2.45, 2.75) is 26.3 Å². The maximum Gasteiger partial charge on any atom is 0.0522 e. The highest BCUT2D eigenvalue weighted by atomic mass is 32.1. The Morgan fingerprint density at radius 3 is 3.06 bits per heavy atom. The fourth-order valence-electron chi connectivity index (χ4n) is 1.87. The average Bonchev–Trinajstić information content (AvgIpc) is 2.93. The van der Waals surface area contributed by atoms with Gasteiger partial charge in [0.15, 0.2) is 0 Å². The fraction of sp³-hybridized carbons (Fsp3) is 0.462. The zero-order chi connectivity index (χ0) is 12.1. The Morgan fingerprint density at radius 2 is 2.35 bits per heavy atom. The standard InChI is InChI=1S/C13H19N3S/c1-3-12-5-7-17-13(12)9-14-6-4-11-8-15-16(2)10-11/h5,7-8,10,14H,3-4,6,9H2,1-2H3. The van der Waals surface area contributed by atoms with Gasteiger partial charge in [-0.05, 0) is 42.0 Å². The van der Waals surface area contributed by atoms with Crippen molar-refractivity contribution in [2.75, 3.05) is 6.54 Å². The van der Waals surface area contributed by atoms with Crippen molar-refractivity contribution in [3.63, 3.8) is 0 Å². The lowest BCUT2D eigenvalue weighted by atomic mass is 10.2. The van der Waals surface area contributed by atoms with E-state index >= 15 is 0 Å². The molecule has 2 heterocycles. The topological polar surface area (TPSA) is 29.9 Å². The fourth-order valence-corrected chi connectivity index (χ4v) is 2.82. The first-order valence-electron chi connectivity index (χ1n) is 6.03. The van der Waals surface area contributed by atoms with Gasteiger partial charge >= 0.3 is 0 Å². The highest BCUT2D eigenvalue weighted by molar-refractivity contribution is 7.10. The van der Waals surface area contributed by atoms with Crippen molar-refractivity contribution < 1.29 is 0 Å². The first-order chi connectivity index (χ1) is 8.29. The van der Waals surface area contributed by atoms with Gasteiger partial charge in [-0.1, -0.05) is 6.92 Å². The Bertz CT molecular complexity index is 459. The van der Waals surface area contributed by atoms with E-state index in [1.807, 2.05) is 29.3 Å². The third-order valence-electron chi connectivity index (χ3n) is 2.85. The molecule has 92 valence electrons. The summed E-state index contributed by atoms with van der Waals surface area (Å²) in [6, 6.07) is 2.22. The molecule has 2 aromatic heterocycles. The van der Waals surface area contributed by atoms with Crippen molar-refractivity contribution in [1.82, 2.24) is 15.1 Å². The molecule has 4 heteroatoms. The Balaban J connectivity index is 1.73. The molecule has 17 heavy (non-hydrogen) atoms. The highest BCUT2D eigenvalue weighted by Gasteiger charge is 2.01. The van der Waals surface area contributed by atoms with Gasteiger partial charge in [0.05, 0.1) is 6.20 Å². The Hall–Kier alpha value is -1.13. The van der Waals surface area contributed by atoms with Gasteiger partial charge in [-0.25, -0.2) is 0 Å². The van der Waals surface area contributed by atoms with Gasteiger partial charge in [-0.3, -0.25) is 4.68 Å². The van der Waals surface area contributed by atoms with Gasteiger partial charge in [-0.15, -0.1) is 11.3 Å². The van der Waals surface area contributed by atoms with Gasteiger partial charge in [-0.2, -0.15) is 5.10 Å². The van der Waals surface area contributed by atoms with Crippen LogP contribution in [0.15, 0.2) is 23.8 Å². The molecule has 2 aromatic rings. The van der Waals surface area contributed by atoms with Gasteiger partial charge in [0.2, 0.25) is 0 Å². The molecule has 0 unspecified atom stereocenters. The molecule has 0 aliphatic carbocycles. The minimum Gasteiger partial charge on any atom is -0.312 e. The van der Waals surface area contributed by atoms with Crippen LogP contribution in [-0.4, -0.2) is 16.3 Å². The third kappa shape index (κ3) is 3.41. The summed E-state index contributed by atoms with van der Waals surface area (Å²) in [4.78, 5) is 1.47. The molecule has 0 fully saturated rings. The molecular formula is C13H19N3S. The predicted molar refractivity (Wildman–Crippen MR) is 72.3 cm³/mol. The Labute approximate surface area is 106 Å². The van der Waals surface area contributed by atoms with Gasteiger partial charge in [0.1, 0.15) is 0 Å². The number of thiophene rings is 1. The highest BCUT2D eigenvalue weighted by Crippen LogP contribution is 2.16. The van der Waals surface area contributed by atoms with Crippen LogP contribution in [0.3, 0.4) is 0 Å². The van der Waals surface area contributed by atoms with Crippen LogP contribution in [0.1, 0.15) is 22.9 Å². The average molecular weight is 249 g/mol. The van der Waals surface area contributed by atoms with E-state index in [-0.39, 0.29) is 0 Å². The molecular weight excluding hydrogens is 230 g/mol. The van der Waals surface area contributed by atoms with Crippen molar-refractivity contribution in [3.05, 3.63) is 39.8 Å². The van der Waals surface area contributed by atoms with E-state index in [9.17, 15) is 0 Å². The van der Waals surface area contributed by atoms with E-state index in [2.05, 4.69) is 35.0 Å². The van der Waals surface area contributed by atoms with E-state index in [0.717, 1.165) is 25.9 Å². The lowest BCUT2D eigenvalue weighted by Crippen LogP contribution is -2.16. The van der Waals surface area contributed by atoms with Crippen LogP contribution in [0.5, 0.6) is 0 Å². The number of hydrogen-bond donors (Lipinski definition) is 1. The lowest BCUT2D eigenvalue weighted by molar-refractivity contribution is 0.689. The van der Waals surface area contributed by atoms with Crippen LogP contribution < -0.4 is 5.32 Å². The number of aryl methyl sites for hydroxylation is 2. The van der Waals surface area contributed by atoms with Crippen LogP contribution in [0.4, 0.5) is 0 Å². The molecule has 0 aliphatic heterocycles. The summed E-state index contributed by atoms with van der Waals surface area (Å²) < 4.78 is 1.85. The Kier molecular flexibility index (Phi) is 4.34. The maximum atomic E-state index is 4.16. The molecule has 0 aromatic carbocycles. The molecule has 0 radical (unpaired) electrons. The number of nitrogens with one attached hydrogen (secondary N) is 1. The smallest absolute Gasteiger partial charge is 0.0522 e. The van der Waals surface area contributed by atoms with E-state index in [4.69, 9.17) is 0 Å². The zero-order valence-corrected chi connectivity index (χ0v) is 11.3. The summed E-state index contributed by atoms with van der Waals surface area (Å²) in [6.07, 6.45) is 6.18. The van der Waals surface area contributed by atoms with Crippen LogP contribution >= 0.6 is 11.3 Å². The molecule has 1 N–H and O–H groups in total. The maximum absolute atomic E-state index is 4.16. The summed E-state index contributed by atoms with van der Waals surface area (Å²) >= 11 is 1.85. The third-order valence-corrected chi connectivity index (χ3v) is 3.82. The SMILES string of the molecule is CCc1ccsc1CNCCc1cnn(C)c1. The zero-order valence-electron chi connectivity index (χ0n) is 10.4. The van der Waals surface area contributed by atoms with Crippen LogP contribution in [-0.2, 0) is 26.4 Å². The van der Waals surface area contributed by atoms with E-state index in [1.54, 1.807) is 0 Å². The van der Waals surface area contributed by atoms with E-state index in [1.165, 1.54) is 16.0 Å². The molecule has 2 rings (SSSR count). The van der Waals surface area contributed by atoms with Crippen molar-refractivity contribution in [2.24, 2.45) is 7.05 Å². The molecule has 0 bridgehead atoms. The quantitative estimate of drug-likeness (QED) is 0.797. The number of nitrogens with zero attached hydrogens (tertiary/aromatic N) is 2. The first kappa shape index (κ1) is 12.3. The van der Waals surface area contributed by atoms with E-state index < -0.39 is 0 Å². The minimum absolute atomic E-state index is 0.987. The number of rotatable bonds is 6. The second-order valence-electron chi connectivity index (χ2n) is 4.17. The summed E-state index contributed by atoms with van der Waals surface area (Å²) in [5.41, 5.74) is 2.77. The summed E-state index contributed by atoms with van der Waals surface area (Å²) in [5, 5.41) is 9.83. The molecule has 0 saturated carbocycles. The second-order valence-corrected chi connectivity index (χ2v) is 5.17. The summed E-state index contributed by atoms with van der Waals surface area (Å²) in [5.74, 6) is 0. The molecule has 0 atom stereocenters. The number of aromatic nitrogens is 2. The lowest BCUT2D eigenvalue weighted by Gasteiger charge is -2.03. The molecule has 0 spiro atoms. The van der Waals surface area contributed by atoms with Crippen molar-refractivity contribution in [3.8, 4) is 0 Å². The van der Waals surface area contributed by atoms with Crippen LogP contribution in [0.2, 0.25) is 0 Å². The number of hydrogen-bond acceptors (Lipinski definition) is 3. The molecule has 0 saturated heterocycles. The molecule has 3 nitrogen and oxygen atoms in total. The van der Waals surface area contributed by atoms with Crippen LogP contribution in [0.25, 0.3) is 0 Å². The van der Waals surface area contributed by atoms with E-state index in [0.29, 0.717) is 0 Å². The molecule has 0 amide bonds.